The first-order chi connectivity index (χ1) is 9.50. The smallest absolute Gasteiger partial charge is 0.269 e. The lowest BCUT2D eigenvalue weighted by Crippen LogP contribution is -2.47. The van der Waals surface area contributed by atoms with Crippen molar-refractivity contribution < 1.29 is 13.7 Å². The summed E-state index contributed by atoms with van der Waals surface area (Å²) in [4.78, 5) is 11.8. The van der Waals surface area contributed by atoms with Crippen LogP contribution in [0.2, 0.25) is 5.02 Å². The molecule has 1 aromatic rings. The third-order valence-corrected chi connectivity index (χ3v) is 3.64. The van der Waals surface area contributed by atoms with Crippen LogP contribution in [-0.2, 0) is 0 Å². The number of nitrogens with one attached hydrogen (secondary N) is 1. The number of nitrogens with zero attached hydrogens (tertiary/aromatic N) is 2. The molecule has 1 fully saturated rings. The van der Waals surface area contributed by atoms with E-state index >= 15 is 0 Å². The highest BCUT2D eigenvalue weighted by Crippen LogP contribution is 2.34. The van der Waals surface area contributed by atoms with E-state index in [9.17, 15) is 18.9 Å². The Labute approximate surface area is 119 Å². The van der Waals surface area contributed by atoms with Gasteiger partial charge in [0.05, 0.1) is 11.0 Å². The van der Waals surface area contributed by atoms with Gasteiger partial charge in [0.1, 0.15) is 0 Å². The summed E-state index contributed by atoms with van der Waals surface area (Å²) in [7, 11) is 0. The van der Waals surface area contributed by atoms with E-state index in [1.165, 1.54) is 12.1 Å². The van der Waals surface area contributed by atoms with E-state index in [2.05, 4.69) is 5.32 Å². The average molecular weight is 306 g/mol. The molecule has 1 aliphatic heterocycles. The molecular weight excluding hydrogens is 292 g/mol. The highest BCUT2D eigenvalue weighted by Gasteiger charge is 2.32. The Bertz CT molecular complexity index is 496. The molecule has 1 N–H and O–H groups in total. The summed E-state index contributed by atoms with van der Waals surface area (Å²) >= 11 is 5.96. The molecule has 0 spiro atoms. The fourth-order valence-electron chi connectivity index (χ4n) is 2.32. The van der Waals surface area contributed by atoms with Crippen LogP contribution in [0.1, 0.15) is 11.6 Å². The fourth-order valence-corrected chi connectivity index (χ4v) is 2.55. The number of non-ortho nitro benzene ring substituents is 1. The van der Waals surface area contributed by atoms with Crippen molar-refractivity contribution >= 4 is 17.3 Å². The SMILES string of the molecule is O=[N+]([O-])c1ccc(Cl)c([C@H](C(F)F)N2CCNCC2)c1. The molecule has 0 unspecified atom stereocenters. The Morgan fingerprint density at radius 1 is 1.35 bits per heavy atom. The van der Waals surface area contributed by atoms with E-state index in [1.54, 1.807) is 4.90 Å². The molecular formula is C12H14ClF2N3O2. The van der Waals surface area contributed by atoms with Crippen LogP contribution in [0.3, 0.4) is 0 Å². The van der Waals surface area contributed by atoms with E-state index < -0.39 is 17.4 Å². The van der Waals surface area contributed by atoms with Crippen molar-refractivity contribution in [3.05, 3.63) is 38.9 Å². The van der Waals surface area contributed by atoms with E-state index in [1.807, 2.05) is 0 Å². The number of piperazine rings is 1. The van der Waals surface area contributed by atoms with E-state index in [0.29, 0.717) is 26.2 Å². The summed E-state index contributed by atoms with van der Waals surface area (Å²) in [6.45, 7) is 2.12. The van der Waals surface area contributed by atoms with Crippen molar-refractivity contribution in [1.82, 2.24) is 10.2 Å². The number of alkyl halides is 2. The van der Waals surface area contributed by atoms with E-state index in [-0.39, 0.29) is 16.3 Å². The van der Waals surface area contributed by atoms with Gasteiger partial charge in [-0.05, 0) is 6.07 Å². The highest BCUT2D eigenvalue weighted by atomic mass is 35.5. The lowest BCUT2D eigenvalue weighted by molar-refractivity contribution is -0.385. The number of nitro groups is 1. The third-order valence-electron chi connectivity index (χ3n) is 3.29. The van der Waals surface area contributed by atoms with Crippen LogP contribution in [-0.4, -0.2) is 42.4 Å². The summed E-state index contributed by atoms with van der Waals surface area (Å²) < 4.78 is 26.8. The first kappa shape index (κ1) is 15.1. The van der Waals surface area contributed by atoms with Gasteiger partial charge in [0, 0.05) is 48.9 Å². The van der Waals surface area contributed by atoms with E-state index in [4.69, 9.17) is 11.6 Å². The Kier molecular flexibility index (Phi) is 4.85. The Hall–Kier alpha value is -1.31. The Morgan fingerprint density at radius 2 is 2.00 bits per heavy atom. The van der Waals surface area contributed by atoms with Crippen molar-refractivity contribution in [2.75, 3.05) is 26.2 Å². The molecule has 20 heavy (non-hydrogen) atoms. The Morgan fingerprint density at radius 3 is 2.55 bits per heavy atom. The van der Waals surface area contributed by atoms with Crippen LogP contribution in [0.5, 0.6) is 0 Å². The molecule has 0 aliphatic carbocycles. The fraction of sp³-hybridized carbons (Fsp3) is 0.500. The van der Waals surface area contributed by atoms with Gasteiger partial charge >= 0.3 is 0 Å². The summed E-state index contributed by atoms with van der Waals surface area (Å²) in [6.07, 6.45) is -2.66. The normalized spacial score (nSPS) is 18.2. The summed E-state index contributed by atoms with van der Waals surface area (Å²) in [5.41, 5.74) is -0.122. The predicted molar refractivity (Wildman–Crippen MR) is 71.3 cm³/mol. The second-order valence-corrected chi connectivity index (χ2v) is 4.94. The number of benzene rings is 1. The minimum absolute atomic E-state index is 0.109. The number of hydrogen-bond acceptors (Lipinski definition) is 4. The predicted octanol–water partition coefficient (Wildman–Crippen LogP) is 2.46. The molecule has 8 heteroatoms. The maximum atomic E-state index is 13.4. The maximum absolute atomic E-state index is 13.4. The minimum atomic E-state index is -2.66. The van der Waals surface area contributed by atoms with Gasteiger partial charge in [-0.25, -0.2) is 8.78 Å². The first-order valence-electron chi connectivity index (χ1n) is 6.17. The van der Waals surface area contributed by atoms with Gasteiger partial charge in [0.25, 0.3) is 12.1 Å². The molecule has 0 aromatic heterocycles. The monoisotopic (exact) mass is 305 g/mol. The summed E-state index contributed by atoms with van der Waals surface area (Å²) in [6, 6.07) is 2.43. The van der Waals surface area contributed by atoms with Crippen LogP contribution >= 0.6 is 11.6 Å². The molecule has 1 aliphatic rings. The van der Waals surface area contributed by atoms with Gasteiger partial charge in [-0.15, -0.1) is 0 Å². The molecule has 5 nitrogen and oxygen atoms in total. The number of halogens is 3. The van der Waals surface area contributed by atoms with Crippen molar-refractivity contribution in [3.8, 4) is 0 Å². The number of hydrogen-bond donors (Lipinski definition) is 1. The summed E-state index contributed by atoms with van der Waals surface area (Å²) in [5, 5.41) is 14.0. The van der Waals surface area contributed by atoms with Gasteiger partial charge in [-0.3, -0.25) is 15.0 Å². The molecule has 2 rings (SSSR count). The van der Waals surface area contributed by atoms with Crippen molar-refractivity contribution in [2.24, 2.45) is 0 Å². The average Bonchev–Trinajstić information content (AvgIpc) is 2.41. The zero-order valence-electron chi connectivity index (χ0n) is 10.6. The highest BCUT2D eigenvalue weighted by molar-refractivity contribution is 6.31. The molecule has 110 valence electrons. The molecule has 1 heterocycles. The van der Waals surface area contributed by atoms with Crippen LogP contribution in [0.15, 0.2) is 18.2 Å². The van der Waals surface area contributed by atoms with Gasteiger partial charge in [-0.1, -0.05) is 11.6 Å². The van der Waals surface area contributed by atoms with Gasteiger partial charge in [-0.2, -0.15) is 0 Å². The number of nitro benzene ring substituents is 1. The summed E-state index contributed by atoms with van der Waals surface area (Å²) in [5.74, 6) is 0. The Balaban J connectivity index is 2.37. The van der Waals surface area contributed by atoms with Crippen LogP contribution in [0, 0.1) is 10.1 Å². The largest absolute Gasteiger partial charge is 0.314 e. The lowest BCUT2D eigenvalue weighted by atomic mass is 10.0. The zero-order valence-corrected chi connectivity index (χ0v) is 11.3. The van der Waals surface area contributed by atoms with Crippen LogP contribution < -0.4 is 5.32 Å². The second kappa shape index (κ2) is 6.43. The molecule has 0 radical (unpaired) electrons. The lowest BCUT2D eigenvalue weighted by Gasteiger charge is -2.34. The minimum Gasteiger partial charge on any atom is -0.314 e. The van der Waals surface area contributed by atoms with Crippen molar-refractivity contribution in [3.63, 3.8) is 0 Å². The third kappa shape index (κ3) is 3.23. The van der Waals surface area contributed by atoms with Crippen molar-refractivity contribution in [1.29, 1.82) is 0 Å². The molecule has 0 bridgehead atoms. The molecule has 0 saturated carbocycles. The van der Waals surface area contributed by atoms with Gasteiger partial charge in [0.15, 0.2) is 0 Å². The van der Waals surface area contributed by atoms with Crippen molar-refractivity contribution in [2.45, 2.75) is 12.5 Å². The first-order valence-corrected chi connectivity index (χ1v) is 6.55. The van der Waals surface area contributed by atoms with Gasteiger partial charge < -0.3 is 5.32 Å². The van der Waals surface area contributed by atoms with Crippen LogP contribution in [0.4, 0.5) is 14.5 Å². The topological polar surface area (TPSA) is 58.4 Å². The van der Waals surface area contributed by atoms with Crippen LogP contribution in [0.25, 0.3) is 0 Å². The molecule has 1 atom stereocenters. The standard InChI is InChI=1S/C12H14ClF2N3O2/c13-10-2-1-8(18(19)20)7-9(10)11(12(14)15)17-5-3-16-4-6-17/h1-2,7,11-12,16H,3-6H2/t11-/m1/s1. The molecule has 0 amide bonds. The van der Waals surface area contributed by atoms with E-state index in [0.717, 1.165) is 6.07 Å². The van der Waals surface area contributed by atoms with Gasteiger partial charge in [0.2, 0.25) is 0 Å². The maximum Gasteiger partial charge on any atom is 0.269 e. The quantitative estimate of drug-likeness (QED) is 0.686. The molecule has 1 saturated heterocycles. The molecule has 1 aromatic carbocycles. The zero-order chi connectivity index (χ0) is 14.7. The number of rotatable bonds is 4. The second-order valence-electron chi connectivity index (χ2n) is 4.53.